The summed E-state index contributed by atoms with van der Waals surface area (Å²) < 4.78 is 57.1. The molecule has 2 aromatic heterocycles. The fourth-order valence-electron chi connectivity index (χ4n) is 5.39. The number of aromatic nitrogens is 3. The molecule has 0 radical (unpaired) electrons. The molecule has 3 aliphatic rings. The van der Waals surface area contributed by atoms with Crippen molar-refractivity contribution >= 4 is 35.0 Å². The number of alkyl halides is 3. The molecule has 2 amide bonds. The molecule has 0 spiro atoms. The van der Waals surface area contributed by atoms with Gasteiger partial charge in [-0.2, -0.15) is 13.2 Å². The zero-order valence-corrected chi connectivity index (χ0v) is 23.6. The summed E-state index contributed by atoms with van der Waals surface area (Å²) in [6, 6.07) is 5.77. The maximum atomic E-state index is 13.6. The van der Waals surface area contributed by atoms with Crippen LogP contribution in [0.5, 0.6) is 5.88 Å². The van der Waals surface area contributed by atoms with Gasteiger partial charge in [-0.05, 0) is 44.9 Å². The minimum Gasteiger partial charge on any atom is -0.474 e. The monoisotopic (exact) mass is 604 g/mol. The van der Waals surface area contributed by atoms with Crippen molar-refractivity contribution in [2.75, 3.05) is 41.4 Å². The van der Waals surface area contributed by atoms with Gasteiger partial charge in [0.05, 0.1) is 47.0 Å². The van der Waals surface area contributed by atoms with Crippen LogP contribution < -0.4 is 19.9 Å². The maximum absolute atomic E-state index is 13.6. The van der Waals surface area contributed by atoms with E-state index >= 15 is 0 Å². The number of carbonyl (C=O) groups excluding carboxylic acids is 1. The smallest absolute Gasteiger partial charge is 0.416 e. The lowest BCUT2D eigenvalue weighted by atomic mass is 9.99. The second-order valence-electron chi connectivity index (χ2n) is 10.8. The highest BCUT2D eigenvalue weighted by molar-refractivity contribution is 6.33. The Morgan fingerprint density at radius 3 is 2.79 bits per heavy atom. The Balaban J connectivity index is 1.23. The fourth-order valence-corrected chi connectivity index (χ4v) is 5.65. The van der Waals surface area contributed by atoms with Gasteiger partial charge >= 0.3 is 12.2 Å². The van der Waals surface area contributed by atoms with Gasteiger partial charge in [0.1, 0.15) is 12.7 Å². The molecule has 10 nitrogen and oxygen atoms in total. The van der Waals surface area contributed by atoms with Crippen LogP contribution in [0.1, 0.15) is 32.3 Å². The molecule has 42 heavy (non-hydrogen) atoms. The van der Waals surface area contributed by atoms with E-state index in [-0.39, 0.29) is 46.7 Å². The van der Waals surface area contributed by atoms with Crippen LogP contribution in [0.2, 0.25) is 5.02 Å². The van der Waals surface area contributed by atoms with Crippen LogP contribution in [-0.2, 0) is 15.7 Å². The number of anilines is 3. The Labute approximate surface area is 244 Å². The largest absolute Gasteiger partial charge is 0.474 e. The molecule has 1 N–H and O–H groups in total. The molecular formula is C28H28ClF3N6O4. The van der Waals surface area contributed by atoms with Gasteiger partial charge in [0.15, 0.2) is 17.4 Å². The number of hydrogen-bond donors (Lipinski definition) is 1. The molecule has 3 aromatic rings. The summed E-state index contributed by atoms with van der Waals surface area (Å²) >= 11 is 6.56. The molecule has 2 atom stereocenters. The van der Waals surface area contributed by atoms with Gasteiger partial charge in [-0.3, -0.25) is 10.2 Å². The van der Waals surface area contributed by atoms with Crippen LogP contribution >= 0.6 is 11.6 Å². The minimum atomic E-state index is -4.53. The zero-order chi connectivity index (χ0) is 29.6. The Bertz CT molecular complexity index is 1490. The molecule has 0 aliphatic carbocycles. The lowest BCUT2D eigenvalue weighted by Gasteiger charge is -2.46. The molecule has 5 heterocycles. The van der Waals surface area contributed by atoms with Crippen LogP contribution in [0.15, 0.2) is 42.7 Å². The average Bonchev–Trinajstić information content (AvgIpc) is 3.31. The number of nitrogens with one attached hydrogen (secondary N) is 1. The van der Waals surface area contributed by atoms with Crippen molar-refractivity contribution in [2.45, 2.75) is 50.8 Å². The van der Waals surface area contributed by atoms with Gasteiger partial charge in [0.25, 0.3) is 0 Å². The van der Waals surface area contributed by atoms with Gasteiger partial charge in [0.2, 0.25) is 5.88 Å². The average molecular weight is 605 g/mol. The molecule has 222 valence electrons. The highest BCUT2D eigenvalue weighted by atomic mass is 35.5. The SMILES string of the molecule is CC1(C)OC[C@H](COc2cnc(NC(=O)N3c4nc(-c5cccc(C(F)(F)F)c5)c(Cl)cc4N4CCC[C@H]3C4)cn2)O1. The van der Waals surface area contributed by atoms with E-state index in [4.69, 9.17) is 25.8 Å². The number of amides is 2. The van der Waals surface area contributed by atoms with Crippen LogP contribution in [0.4, 0.5) is 35.3 Å². The number of pyridine rings is 1. The summed E-state index contributed by atoms with van der Waals surface area (Å²) in [4.78, 5) is 30.4. The molecule has 3 aliphatic heterocycles. The number of benzene rings is 1. The summed E-state index contributed by atoms with van der Waals surface area (Å²) in [6.07, 6.45) is -0.411. The van der Waals surface area contributed by atoms with Crippen molar-refractivity contribution in [2.24, 2.45) is 0 Å². The Kier molecular flexibility index (Phi) is 7.36. The first-order valence-corrected chi connectivity index (χ1v) is 13.8. The molecule has 1 aromatic carbocycles. The number of ether oxygens (including phenoxy) is 3. The predicted octanol–water partition coefficient (Wildman–Crippen LogP) is 5.76. The number of fused-ring (bicyclic) bond motifs is 4. The third-order valence-corrected chi connectivity index (χ3v) is 7.58. The zero-order valence-electron chi connectivity index (χ0n) is 22.8. The van der Waals surface area contributed by atoms with Gasteiger partial charge in [-0.1, -0.05) is 23.7 Å². The number of rotatable bonds is 5. The molecule has 6 rings (SSSR count). The minimum absolute atomic E-state index is 0.154. The number of nitrogens with zero attached hydrogens (tertiary/aromatic N) is 5. The quantitative estimate of drug-likeness (QED) is 0.392. The van der Waals surface area contributed by atoms with Crippen molar-refractivity contribution in [1.82, 2.24) is 15.0 Å². The first kappa shape index (κ1) is 28.4. The lowest BCUT2D eigenvalue weighted by molar-refractivity contribution is -0.141. The number of piperidine rings is 1. The Morgan fingerprint density at radius 2 is 2.07 bits per heavy atom. The van der Waals surface area contributed by atoms with E-state index in [0.29, 0.717) is 24.7 Å². The van der Waals surface area contributed by atoms with E-state index in [1.807, 2.05) is 13.8 Å². The van der Waals surface area contributed by atoms with Gasteiger partial charge in [-0.25, -0.2) is 19.7 Å². The standard InChI is InChI=1S/C28H28ClF3N6O4/c1-27(2)41-15-19(42-27)14-40-23-12-33-22(11-34-23)35-26(39)38-18-7-4-8-37(13-18)21-10-20(29)24(36-25(21)38)16-5-3-6-17(9-16)28(30,31)32/h3,5-6,9-12,18-19H,4,7-8,13-15H2,1-2H3,(H,33,35,39)/t18-,19-/m0/s1. The molecule has 2 fully saturated rings. The first-order chi connectivity index (χ1) is 20.0. The fraction of sp³-hybridized carbons (Fsp3) is 0.429. The Hall–Kier alpha value is -3.68. The van der Waals surface area contributed by atoms with E-state index in [2.05, 4.69) is 25.2 Å². The summed E-state index contributed by atoms with van der Waals surface area (Å²) in [7, 11) is 0. The van der Waals surface area contributed by atoms with E-state index in [1.165, 1.54) is 29.4 Å². The molecule has 2 bridgehead atoms. The van der Waals surface area contributed by atoms with E-state index < -0.39 is 23.6 Å². The summed E-state index contributed by atoms with van der Waals surface area (Å²) in [5.41, 5.74) is 0.174. The maximum Gasteiger partial charge on any atom is 0.416 e. The van der Waals surface area contributed by atoms with E-state index in [1.54, 1.807) is 6.07 Å². The van der Waals surface area contributed by atoms with Crippen LogP contribution in [-0.4, -0.2) is 65.2 Å². The molecule has 0 unspecified atom stereocenters. The summed E-state index contributed by atoms with van der Waals surface area (Å²) in [6.45, 7) is 5.61. The van der Waals surface area contributed by atoms with Crippen LogP contribution in [0.3, 0.4) is 0 Å². The molecular weight excluding hydrogens is 577 g/mol. The summed E-state index contributed by atoms with van der Waals surface area (Å²) in [5, 5.41) is 2.96. The van der Waals surface area contributed by atoms with E-state index in [9.17, 15) is 18.0 Å². The number of hydrogen-bond acceptors (Lipinski definition) is 8. The third-order valence-electron chi connectivity index (χ3n) is 7.30. The third kappa shape index (κ3) is 5.81. The molecule has 2 saturated heterocycles. The number of halogens is 4. The normalized spacial score (nSPS) is 21.2. The number of carbonyl (C=O) groups is 1. The van der Waals surface area contributed by atoms with Crippen LogP contribution in [0.25, 0.3) is 11.3 Å². The Morgan fingerprint density at radius 1 is 1.24 bits per heavy atom. The van der Waals surface area contributed by atoms with Gasteiger partial charge in [-0.15, -0.1) is 0 Å². The highest BCUT2D eigenvalue weighted by Crippen LogP contribution is 2.43. The van der Waals surface area contributed by atoms with Crippen molar-refractivity contribution < 1.29 is 32.2 Å². The van der Waals surface area contributed by atoms with Crippen molar-refractivity contribution in [1.29, 1.82) is 0 Å². The second-order valence-corrected chi connectivity index (χ2v) is 11.2. The van der Waals surface area contributed by atoms with Crippen LogP contribution in [0, 0.1) is 0 Å². The summed E-state index contributed by atoms with van der Waals surface area (Å²) in [5.74, 6) is 0.106. The van der Waals surface area contributed by atoms with Crippen molar-refractivity contribution in [3.8, 4) is 17.1 Å². The van der Waals surface area contributed by atoms with Crippen molar-refractivity contribution in [3.63, 3.8) is 0 Å². The molecule has 14 heteroatoms. The first-order valence-electron chi connectivity index (χ1n) is 13.5. The second kappa shape index (κ2) is 10.9. The topological polar surface area (TPSA) is 102 Å². The predicted molar refractivity (Wildman–Crippen MR) is 149 cm³/mol. The van der Waals surface area contributed by atoms with Gasteiger partial charge < -0.3 is 19.1 Å². The van der Waals surface area contributed by atoms with Crippen molar-refractivity contribution in [3.05, 3.63) is 53.3 Å². The number of urea groups is 1. The van der Waals surface area contributed by atoms with E-state index in [0.717, 1.165) is 31.5 Å². The lowest BCUT2D eigenvalue weighted by Crippen LogP contribution is -2.56. The molecule has 0 saturated carbocycles. The van der Waals surface area contributed by atoms with Gasteiger partial charge in [0, 0.05) is 18.7 Å². The highest BCUT2D eigenvalue weighted by Gasteiger charge is 2.39.